The molecule has 33 heavy (non-hydrogen) atoms. The summed E-state index contributed by atoms with van der Waals surface area (Å²) in [6.45, 7) is 0. The molecule has 0 saturated heterocycles. The molecular formula is C21H19N4Na2O5P. The third-order valence-corrected chi connectivity index (χ3v) is 5.36. The van der Waals surface area contributed by atoms with E-state index in [4.69, 9.17) is 20.9 Å². The van der Waals surface area contributed by atoms with Gasteiger partial charge in [-0.25, -0.2) is 4.98 Å². The first-order chi connectivity index (χ1) is 14.7. The Bertz CT molecular complexity index is 1240. The first-order valence-corrected chi connectivity index (χ1v) is 10.5. The summed E-state index contributed by atoms with van der Waals surface area (Å²) >= 11 is 0. The number of methoxy groups -OCH3 is 2. The van der Waals surface area contributed by atoms with Crippen molar-refractivity contribution in [3.63, 3.8) is 0 Å². The van der Waals surface area contributed by atoms with Crippen LogP contribution in [0.15, 0.2) is 42.6 Å². The summed E-state index contributed by atoms with van der Waals surface area (Å²) < 4.78 is 22.4. The number of hydrogen-bond acceptors (Lipinski definition) is 9. The van der Waals surface area contributed by atoms with Crippen LogP contribution in [0.2, 0.25) is 0 Å². The van der Waals surface area contributed by atoms with E-state index in [-0.39, 0.29) is 81.7 Å². The maximum atomic E-state index is 11.5. The summed E-state index contributed by atoms with van der Waals surface area (Å²) in [6, 6.07) is 9.26. The Morgan fingerprint density at radius 1 is 1.03 bits per heavy atom. The fourth-order valence-electron chi connectivity index (χ4n) is 2.96. The van der Waals surface area contributed by atoms with Crippen LogP contribution in [0.3, 0.4) is 0 Å². The van der Waals surface area contributed by atoms with Gasteiger partial charge in [0.05, 0.1) is 19.8 Å². The van der Waals surface area contributed by atoms with E-state index in [0.717, 1.165) is 5.56 Å². The predicted molar refractivity (Wildman–Crippen MR) is 113 cm³/mol. The Labute approximate surface area is 236 Å². The molecule has 0 radical (unpaired) electrons. The van der Waals surface area contributed by atoms with Crippen molar-refractivity contribution >= 4 is 24.7 Å². The minimum absolute atomic E-state index is 0. The van der Waals surface area contributed by atoms with Crippen LogP contribution in [0.4, 0.5) is 11.8 Å². The number of aromatic nitrogens is 2. The van der Waals surface area contributed by atoms with Crippen molar-refractivity contribution in [2.45, 2.75) is 6.42 Å². The molecule has 0 aliphatic carbocycles. The quantitative estimate of drug-likeness (QED) is 0.204. The second-order valence-electron chi connectivity index (χ2n) is 6.46. The molecule has 0 atom stereocenters. The Morgan fingerprint density at radius 2 is 1.70 bits per heavy atom. The number of ether oxygens (including phenoxy) is 2. The van der Waals surface area contributed by atoms with Gasteiger partial charge in [-0.05, 0) is 36.7 Å². The number of rotatable bonds is 5. The van der Waals surface area contributed by atoms with Crippen molar-refractivity contribution in [3.05, 3.63) is 64.8 Å². The maximum absolute atomic E-state index is 11.5. The Hall–Kier alpha value is -1.57. The molecule has 9 nitrogen and oxygen atoms in total. The van der Waals surface area contributed by atoms with Crippen molar-refractivity contribution in [1.82, 2.24) is 9.97 Å². The van der Waals surface area contributed by atoms with E-state index < -0.39 is 7.60 Å². The van der Waals surface area contributed by atoms with Gasteiger partial charge < -0.3 is 35.3 Å². The molecule has 2 aromatic carbocycles. The normalized spacial score (nSPS) is 10.2. The molecule has 0 aliphatic rings. The average Bonchev–Trinajstić information content (AvgIpc) is 2.73. The van der Waals surface area contributed by atoms with Gasteiger partial charge in [-0.1, -0.05) is 30.0 Å². The van der Waals surface area contributed by atoms with Crippen molar-refractivity contribution in [1.29, 1.82) is 0 Å². The summed E-state index contributed by atoms with van der Waals surface area (Å²) in [4.78, 5) is 31.0. The number of hydrogen-bond donors (Lipinski definition) is 2. The number of nitrogens with two attached hydrogens (primary N) is 2. The van der Waals surface area contributed by atoms with Crippen LogP contribution in [-0.2, 0) is 11.0 Å². The van der Waals surface area contributed by atoms with E-state index in [1.54, 1.807) is 18.2 Å². The largest absolute Gasteiger partial charge is 1.00 e. The third-order valence-electron chi connectivity index (χ3n) is 4.38. The summed E-state index contributed by atoms with van der Waals surface area (Å²) in [5, 5.41) is -0.364. The molecule has 1 heterocycles. The first kappa shape index (κ1) is 29.5. The van der Waals surface area contributed by atoms with Crippen LogP contribution in [0, 0.1) is 11.8 Å². The van der Waals surface area contributed by atoms with Gasteiger partial charge >= 0.3 is 59.1 Å². The molecule has 0 fully saturated rings. The molecule has 160 valence electrons. The van der Waals surface area contributed by atoms with Crippen molar-refractivity contribution < 1.29 is 82.9 Å². The minimum Gasteiger partial charge on any atom is -0.807 e. The molecular weight excluding hydrogens is 465 g/mol. The summed E-state index contributed by atoms with van der Waals surface area (Å²) in [5.41, 5.74) is 13.4. The molecule has 0 bridgehead atoms. The van der Waals surface area contributed by atoms with E-state index in [0.29, 0.717) is 29.0 Å². The van der Waals surface area contributed by atoms with Crippen LogP contribution in [-0.4, -0.2) is 24.2 Å². The minimum atomic E-state index is -4.97. The molecule has 0 amide bonds. The molecule has 0 aliphatic heterocycles. The fourth-order valence-corrected chi connectivity index (χ4v) is 3.65. The molecule has 0 spiro atoms. The van der Waals surface area contributed by atoms with E-state index >= 15 is 0 Å². The molecule has 4 N–H and O–H groups in total. The molecule has 1 aromatic heterocycles. The van der Waals surface area contributed by atoms with Gasteiger partial charge in [0.2, 0.25) is 5.95 Å². The molecule has 0 unspecified atom stereocenters. The van der Waals surface area contributed by atoms with Gasteiger partial charge in [0.1, 0.15) is 5.82 Å². The number of benzene rings is 2. The van der Waals surface area contributed by atoms with Gasteiger partial charge in [-0.2, -0.15) is 4.98 Å². The SMILES string of the molecule is COc1cc(Cc2cnc(N)nc2N)cc(C#Cc2ccccc2P(=O)([O-])[O-])c1OC.[Na+].[Na+]. The third kappa shape index (κ3) is 7.46. The van der Waals surface area contributed by atoms with Crippen molar-refractivity contribution in [2.24, 2.45) is 0 Å². The van der Waals surface area contributed by atoms with E-state index in [1.807, 2.05) is 0 Å². The van der Waals surface area contributed by atoms with Crippen LogP contribution in [0.25, 0.3) is 0 Å². The summed E-state index contributed by atoms with van der Waals surface area (Å²) in [6.07, 6.45) is 1.91. The van der Waals surface area contributed by atoms with Gasteiger partial charge in [0, 0.05) is 23.7 Å². The fraction of sp³-hybridized carbons (Fsp3) is 0.143. The van der Waals surface area contributed by atoms with Crippen LogP contribution in [0.5, 0.6) is 11.5 Å². The van der Waals surface area contributed by atoms with Gasteiger partial charge in [0.15, 0.2) is 11.5 Å². The van der Waals surface area contributed by atoms with E-state index in [1.165, 1.54) is 38.6 Å². The molecule has 3 aromatic rings. The van der Waals surface area contributed by atoms with Crippen LogP contribution >= 0.6 is 7.60 Å². The van der Waals surface area contributed by atoms with Crippen LogP contribution < -0.4 is 95.1 Å². The number of anilines is 2. The Balaban J connectivity index is 0.00000272. The average molecular weight is 484 g/mol. The van der Waals surface area contributed by atoms with Gasteiger partial charge in [0.25, 0.3) is 0 Å². The number of nitrogen functional groups attached to an aromatic ring is 2. The van der Waals surface area contributed by atoms with Crippen molar-refractivity contribution in [3.8, 4) is 23.3 Å². The topological polar surface area (TPSA) is 159 Å². The molecule has 3 rings (SSSR count). The smallest absolute Gasteiger partial charge is 0.807 e. The predicted octanol–water partition coefficient (Wildman–Crippen LogP) is -5.80. The van der Waals surface area contributed by atoms with E-state index in [2.05, 4.69) is 21.8 Å². The number of nitrogens with zero attached hydrogens (tertiary/aromatic N) is 2. The zero-order valence-electron chi connectivity index (χ0n) is 18.8. The second kappa shape index (κ2) is 12.8. The summed E-state index contributed by atoms with van der Waals surface area (Å²) in [7, 11) is -2.02. The Kier molecular flexibility index (Phi) is 11.4. The monoisotopic (exact) mass is 484 g/mol. The zero-order chi connectivity index (χ0) is 22.6. The maximum Gasteiger partial charge on any atom is 1.00 e. The van der Waals surface area contributed by atoms with Gasteiger partial charge in [-0.3, -0.25) is 0 Å². The second-order valence-corrected chi connectivity index (χ2v) is 7.94. The molecule has 0 saturated carbocycles. The van der Waals surface area contributed by atoms with Crippen LogP contribution in [0.1, 0.15) is 22.3 Å². The van der Waals surface area contributed by atoms with E-state index in [9.17, 15) is 14.4 Å². The molecule has 12 heteroatoms. The zero-order valence-corrected chi connectivity index (χ0v) is 23.7. The standard InChI is InChI=1S/C21H21N4O5P.2Na/c1-29-17-11-13(10-16-12-24-21(23)25-20(16)22)9-15(19(17)30-2)8-7-14-5-3-4-6-18(14)31(26,27)28;;/h3-6,9,11-12H,10H2,1-2H3,(H2,26,27,28)(H4,22,23,24,25);;/q;2*+1/p-2. The van der Waals surface area contributed by atoms with Crippen molar-refractivity contribution in [2.75, 3.05) is 25.7 Å². The Morgan fingerprint density at radius 3 is 2.30 bits per heavy atom. The first-order valence-electron chi connectivity index (χ1n) is 8.98. The van der Waals surface area contributed by atoms with Gasteiger partial charge in [-0.15, -0.1) is 0 Å². The summed E-state index contributed by atoms with van der Waals surface area (Å²) in [5.74, 6) is 6.75.